The first-order valence-corrected chi connectivity index (χ1v) is 9.13. The number of rotatable bonds is 12. The van der Waals surface area contributed by atoms with Crippen molar-refractivity contribution in [1.29, 1.82) is 0 Å². The first-order chi connectivity index (χ1) is 14.8. The van der Waals surface area contributed by atoms with E-state index >= 15 is 0 Å². The van der Waals surface area contributed by atoms with Gasteiger partial charge in [0, 0.05) is 37.4 Å². The topological polar surface area (TPSA) is 163 Å². The average molecular weight is 432 g/mol. The highest BCUT2D eigenvalue weighted by atomic mass is 16.6. The quantitative estimate of drug-likeness (QED) is 0.290. The van der Waals surface area contributed by atoms with Gasteiger partial charge in [-0.15, -0.1) is 0 Å². The largest absolute Gasteiger partial charge is 0.484 e. The third kappa shape index (κ3) is 8.35. The zero-order valence-electron chi connectivity index (χ0n) is 16.3. The van der Waals surface area contributed by atoms with Crippen LogP contribution in [0, 0.1) is 20.2 Å². The fourth-order valence-corrected chi connectivity index (χ4v) is 2.27. The van der Waals surface area contributed by atoms with Gasteiger partial charge in [-0.3, -0.25) is 29.8 Å². The Labute approximate surface area is 176 Å². The minimum Gasteiger partial charge on any atom is -0.484 e. The predicted octanol–water partition coefficient (Wildman–Crippen LogP) is 1.58. The van der Waals surface area contributed by atoms with E-state index in [9.17, 15) is 29.8 Å². The molecule has 2 N–H and O–H groups in total. The van der Waals surface area contributed by atoms with Crippen molar-refractivity contribution in [3.05, 3.63) is 68.8 Å². The van der Waals surface area contributed by atoms with Gasteiger partial charge in [-0.25, -0.2) is 0 Å². The molecule has 0 bridgehead atoms. The normalized spacial score (nSPS) is 10.1. The molecular weight excluding hydrogens is 412 g/mol. The van der Waals surface area contributed by atoms with Crippen molar-refractivity contribution in [2.45, 2.75) is 6.42 Å². The van der Waals surface area contributed by atoms with Gasteiger partial charge in [0.05, 0.1) is 9.85 Å². The van der Waals surface area contributed by atoms with Gasteiger partial charge < -0.3 is 20.1 Å². The summed E-state index contributed by atoms with van der Waals surface area (Å²) in [6, 6.07) is 10.7. The molecule has 31 heavy (non-hydrogen) atoms. The molecule has 2 amide bonds. The molecule has 2 aromatic rings. The second-order valence-electron chi connectivity index (χ2n) is 6.13. The van der Waals surface area contributed by atoms with Gasteiger partial charge in [-0.05, 0) is 30.7 Å². The van der Waals surface area contributed by atoms with Crippen molar-refractivity contribution in [3.8, 4) is 11.5 Å². The summed E-state index contributed by atoms with van der Waals surface area (Å²) in [5.74, 6) is -0.0700. The number of carbonyl (C=O) groups is 2. The number of hydrogen-bond acceptors (Lipinski definition) is 8. The van der Waals surface area contributed by atoms with E-state index in [1.807, 2.05) is 0 Å². The van der Waals surface area contributed by atoms with E-state index in [1.54, 1.807) is 0 Å². The van der Waals surface area contributed by atoms with Crippen molar-refractivity contribution in [3.63, 3.8) is 0 Å². The second kappa shape index (κ2) is 11.7. The van der Waals surface area contributed by atoms with E-state index in [0.717, 1.165) is 0 Å². The molecule has 0 aliphatic heterocycles. The van der Waals surface area contributed by atoms with Gasteiger partial charge in [0.15, 0.2) is 13.2 Å². The van der Waals surface area contributed by atoms with Crippen LogP contribution in [0.3, 0.4) is 0 Å². The molecule has 12 heteroatoms. The molecule has 0 unspecified atom stereocenters. The van der Waals surface area contributed by atoms with Gasteiger partial charge >= 0.3 is 0 Å². The Morgan fingerprint density at radius 3 is 1.39 bits per heavy atom. The van der Waals surface area contributed by atoms with Crippen molar-refractivity contribution in [1.82, 2.24) is 10.6 Å². The number of benzene rings is 2. The highest BCUT2D eigenvalue weighted by Crippen LogP contribution is 2.17. The molecule has 0 atom stereocenters. The van der Waals surface area contributed by atoms with E-state index in [4.69, 9.17) is 9.47 Å². The smallest absolute Gasteiger partial charge is 0.269 e. The number of ether oxygens (including phenoxy) is 2. The molecule has 0 saturated carbocycles. The summed E-state index contributed by atoms with van der Waals surface area (Å²) in [7, 11) is 0. The van der Waals surface area contributed by atoms with Crippen LogP contribution in [-0.4, -0.2) is 48.0 Å². The van der Waals surface area contributed by atoms with E-state index in [1.165, 1.54) is 48.5 Å². The number of nitro groups is 2. The number of amides is 2. The van der Waals surface area contributed by atoms with E-state index in [0.29, 0.717) is 31.0 Å². The van der Waals surface area contributed by atoms with Crippen molar-refractivity contribution in [2.24, 2.45) is 0 Å². The van der Waals surface area contributed by atoms with Crippen LogP contribution in [0.2, 0.25) is 0 Å². The first-order valence-electron chi connectivity index (χ1n) is 9.13. The molecule has 2 aromatic carbocycles. The summed E-state index contributed by atoms with van der Waals surface area (Å²) < 4.78 is 10.5. The van der Waals surface area contributed by atoms with E-state index < -0.39 is 9.85 Å². The summed E-state index contributed by atoms with van der Waals surface area (Å²) >= 11 is 0. The van der Waals surface area contributed by atoms with Crippen LogP contribution in [0.15, 0.2) is 48.5 Å². The van der Waals surface area contributed by atoms with E-state index in [2.05, 4.69) is 10.6 Å². The standard InChI is InChI=1S/C19H20N4O8/c24-18(12-30-16-6-2-14(3-7-16)22(26)27)20-10-1-11-21-19(25)13-31-17-8-4-15(5-9-17)23(28)29/h2-9H,1,10-13H2,(H,20,24)(H,21,25). The molecule has 0 aromatic heterocycles. The molecule has 0 saturated heterocycles. The van der Waals surface area contributed by atoms with Crippen LogP contribution in [0.5, 0.6) is 11.5 Å². The lowest BCUT2D eigenvalue weighted by Crippen LogP contribution is -2.34. The molecule has 164 valence electrons. The SMILES string of the molecule is O=C(COc1ccc([N+](=O)[O-])cc1)NCCCNC(=O)COc1ccc([N+](=O)[O-])cc1. The molecule has 0 radical (unpaired) electrons. The summed E-state index contributed by atoms with van der Waals surface area (Å²) in [5, 5.41) is 26.4. The Bertz CT molecular complexity index is 840. The maximum absolute atomic E-state index is 11.7. The number of nitro benzene ring substituents is 2. The Hall–Kier alpha value is -4.22. The molecule has 0 spiro atoms. The maximum atomic E-state index is 11.7. The highest BCUT2D eigenvalue weighted by Gasteiger charge is 2.08. The summed E-state index contributed by atoms with van der Waals surface area (Å²) in [6.45, 7) is 0.137. The maximum Gasteiger partial charge on any atom is 0.269 e. The van der Waals surface area contributed by atoms with E-state index in [-0.39, 0.29) is 36.4 Å². The summed E-state index contributed by atoms with van der Waals surface area (Å²) in [5.41, 5.74) is -0.144. The lowest BCUT2D eigenvalue weighted by atomic mass is 10.3. The van der Waals surface area contributed by atoms with Crippen molar-refractivity contribution < 1.29 is 28.9 Å². The Morgan fingerprint density at radius 1 is 0.710 bits per heavy atom. The predicted molar refractivity (Wildman–Crippen MR) is 108 cm³/mol. The third-order valence-electron chi connectivity index (χ3n) is 3.83. The lowest BCUT2D eigenvalue weighted by Gasteiger charge is -2.09. The lowest BCUT2D eigenvalue weighted by molar-refractivity contribution is -0.385. The molecule has 0 aliphatic rings. The van der Waals surface area contributed by atoms with Gasteiger partial charge in [0.2, 0.25) is 0 Å². The highest BCUT2D eigenvalue weighted by molar-refractivity contribution is 5.78. The Kier molecular flexibility index (Phi) is 8.71. The zero-order chi connectivity index (χ0) is 22.6. The van der Waals surface area contributed by atoms with Gasteiger partial charge in [-0.1, -0.05) is 0 Å². The Morgan fingerprint density at radius 2 is 1.06 bits per heavy atom. The molecule has 0 heterocycles. The first kappa shape index (κ1) is 23.1. The molecule has 0 aliphatic carbocycles. The third-order valence-corrected chi connectivity index (χ3v) is 3.83. The molecule has 0 fully saturated rings. The summed E-state index contributed by atoms with van der Waals surface area (Å²) in [6.07, 6.45) is 0.479. The molecule has 12 nitrogen and oxygen atoms in total. The molecular formula is C19H20N4O8. The van der Waals surface area contributed by atoms with Crippen LogP contribution in [0.1, 0.15) is 6.42 Å². The van der Waals surface area contributed by atoms with Gasteiger partial charge in [0.25, 0.3) is 23.2 Å². The molecule has 2 rings (SSSR count). The van der Waals surface area contributed by atoms with Crippen LogP contribution in [-0.2, 0) is 9.59 Å². The number of hydrogen-bond donors (Lipinski definition) is 2. The Balaban J connectivity index is 1.54. The van der Waals surface area contributed by atoms with Crippen LogP contribution < -0.4 is 20.1 Å². The number of nitrogens with one attached hydrogen (secondary N) is 2. The minimum absolute atomic E-state index is 0.0722. The second-order valence-corrected chi connectivity index (χ2v) is 6.13. The number of carbonyl (C=O) groups excluding carboxylic acids is 2. The van der Waals surface area contributed by atoms with Crippen LogP contribution in [0.25, 0.3) is 0 Å². The fraction of sp³-hybridized carbons (Fsp3) is 0.263. The van der Waals surface area contributed by atoms with Crippen molar-refractivity contribution >= 4 is 23.2 Å². The van der Waals surface area contributed by atoms with Crippen LogP contribution in [0.4, 0.5) is 11.4 Å². The summed E-state index contributed by atoms with van der Waals surface area (Å²) in [4.78, 5) is 43.5. The number of nitrogens with zero attached hydrogens (tertiary/aromatic N) is 2. The zero-order valence-corrected chi connectivity index (χ0v) is 16.3. The fourth-order valence-electron chi connectivity index (χ4n) is 2.27. The van der Waals surface area contributed by atoms with Gasteiger partial charge in [-0.2, -0.15) is 0 Å². The minimum atomic E-state index is -0.531. The van der Waals surface area contributed by atoms with Crippen molar-refractivity contribution in [2.75, 3.05) is 26.3 Å². The average Bonchev–Trinajstić information content (AvgIpc) is 2.76. The number of non-ortho nitro benzene ring substituents is 2. The van der Waals surface area contributed by atoms with Gasteiger partial charge in [0.1, 0.15) is 11.5 Å². The van der Waals surface area contributed by atoms with Crippen LogP contribution >= 0.6 is 0 Å². The monoisotopic (exact) mass is 432 g/mol.